The number of carbonyl (C=O) groups is 1. The Bertz CT molecular complexity index is 1430. The molecule has 2 aromatic heterocycles. The predicted molar refractivity (Wildman–Crippen MR) is 109 cm³/mol. The number of rotatable bonds is 4. The number of phenols is 1. The summed E-state index contributed by atoms with van der Waals surface area (Å²) in [4.78, 5) is 35.8. The molecule has 0 aliphatic rings. The Kier molecular flexibility index (Phi) is 4.85. The van der Waals surface area contributed by atoms with Gasteiger partial charge in [-0.3, -0.25) is 0 Å². The number of aromatic hydroxyl groups is 1. The lowest BCUT2D eigenvalue weighted by Gasteiger charge is -2.08. The smallest absolute Gasteiger partial charge is 0.337 e. The largest absolute Gasteiger partial charge is 0.504 e. The summed E-state index contributed by atoms with van der Waals surface area (Å²) in [5.41, 5.74) is 0.704. The molecule has 2 heterocycles. The Morgan fingerprint density at radius 1 is 1.19 bits per heavy atom. The molecule has 0 spiro atoms. The Balaban J connectivity index is 1.97. The first-order valence-corrected chi connectivity index (χ1v) is 8.95. The molecule has 10 nitrogen and oxygen atoms in total. The van der Waals surface area contributed by atoms with Gasteiger partial charge in [-0.25, -0.2) is 24.1 Å². The molecule has 2 N–H and O–H groups in total. The topological polar surface area (TPSA) is 143 Å². The maximum absolute atomic E-state index is 12.7. The van der Waals surface area contributed by atoms with Gasteiger partial charge in [-0.05, 0) is 36.4 Å². The number of aromatic amines is 1. The number of H-pyrrole nitrogens is 1. The molecule has 4 aromatic rings. The van der Waals surface area contributed by atoms with Crippen LogP contribution in [0, 0.1) is 11.3 Å². The summed E-state index contributed by atoms with van der Waals surface area (Å²) in [6.07, 6.45) is 0. The van der Waals surface area contributed by atoms with Gasteiger partial charge in [0, 0.05) is 5.56 Å². The van der Waals surface area contributed by atoms with Crippen molar-refractivity contribution >= 4 is 17.1 Å². The Morgan fingerprint density at radius 2 is 2.00 bits per heavy atom. The molecule has 0 unspecified atom stereocenters. The number of benzene rings is 2. The van der Waals surface area contributed by atoms with Gasteiger partial charge in [-0.15, -0.1) is 0 Å². The van der Waals surface area contributed by atoms with Crippen LogP contribution in [0.1, 0.15) is 16.1 Å². The van der Waals surface area contributed by atoms with Crippen LogP contribution in [0.4, 0.5) is 0 Å². The SMILES string of the molecule is COC(=O)c1cccc(-n2c(=O)[nH]c3c(C#N)nc(-c4ccc(OC)c(O)c4)nc32)c1. The molecule has 0 aliphatic heterocycles. The van der Waals surface area contributed by atoms with Crippen LogP contribution in [0.15, 0.2) is 47.3 Å². The summed E-state index contributed by atoms with van der Waals surface area (Å²) >= 11 is 0. The number of imidazole rings is 1. The first-order chi connectivity index (χ1) is 15.0. The van der Waals surface area contributed by atoms with Crippen molar-refractivity contribution in [2.75, 3.05) is 14.2 Å². The number of carbonyl (C=O) groups excluding carboxylic acids is 1. The second-order valence-corrected chi connectivity index (χ2v) is 6.40. The summed E-state index contributed by atoms with van der Waals surface area (Å²) in [7, 11) is 2.68. The van der Waals surface area contributed by atoms with Crippen LogP contribution in [0.2, 0.25) is 0 Å². The number of ether oxygens (including phenoxy) is 2. The van der Waals surface area contributed by atoms with Crippen LogP contribution in [0.3, 0.4) is 0 Å². The summed E-state index contributed by atoms with van der Waals surface area (Å²) in [5.74, 6) is -0.293. The van der Waals surface area contributed by atoms with Crippen LogP contribution in [-0.4, -0.2) is 44.8 Å². The van der Waals surface area contributed by atoms with Crippen molar-refractivity contribution in [3.05, 3.63) is 64.2 Å². The van der Waals surface area contributed by atoms with Gasteiger partial charge >= 0.3 is 11.7 Å². The van der Waals surface area contributed by atoms with E-state index in [0.29, 0.717) is 11.3 Å². The van der Waals surface area contributed by atoms with Crippen molar-refractivity contribution in [2.45, 2.75) is 0 Å². The van der Waals surface area contributed by atoms with Crippen molar-refractivity contribution in [1.82, 2.24) is 19.5 Å². The quantitative estimate of drug-likeness (QED) is 0.481. The van der Waals surface area contributed by atoms with Crippen molar-refractivity contribution in [3.63, 3.8) is 0 Å². The van der Waals surface area contributed by atoms with Crippen molar-refractivity contribution in [3.8, 4) is 34.6 Å². The molecule has 0 saturated heterocycles. The molecule has 0 saturated carbocycles. The first kappa shape index (κ1) is 19.7. The number of methoxy groups -OCH3 is 2. The number of nitriles is 1. The second kappa shape index (κ2) is 7.64. The Morgan fingerprint density at radius 3 is 2.68 bits per heavy atom. The molecular formula is C21H15N5O5. The highest BCUT2D eigenvalue weighted by Gasteiger charge is 2.19. The van der Waals surface area contributed by atoms with Crippen LogP contribution >= 0.6 is 0 Å². The number of esters is 1. The molecule has 0 bridgehead atoms. The minimum absolute atomic E-state index is 0.0460. The molecule has 154 valence electrons. The number of phenolic OH excluding ortho intramolecular Hbond substituents is 1. The standard InChI is InChI=1S/C21H15N5O5/c1-30-16-7-6-11(9-15(16)27)18-23-14(10-22)17-19(25-18)26(21(29)24-17)13-5-3-4-12(8-13)20(28)31-2/h3-9,27H,1-2H3,(H,24,29). The maximum atomic E-state index is 12.7. The van der Waals surface area contributed by atoms with Gasteiger partial charge in [0.2, 0.25) is 0 Å². The monoisotopic (exact) mass is 417 g/mol. The molecule has 0 aliphatic carbocycles. The molecule has 0 atom stereocenters. The molecule has 0 fully saturated rings. The zero-order valence-corrected chi connectivity index (χ0v) is 16.4. The number of nitrogens with zero attached hydrogens (tertiary/aromatic N) is 4. The highest BCUT2D eigenvalue weighted by molar-refractivity contribution is 5.90. The number of hydrogen-bond donors (Lipinski definition) is 2. The second-order valence-electron chi connectivity index (χ2n) is 6.40. The fraction of sp³-hybridized carbons (Fsp3) is 0.0952. The Labute approximate surface area is 175 Å². The molecule has 4 rings (SSSR count). The average Bonchev–Trinajstić information content (AvgIpc) is 3.13. The van der Waals surface area contributed by atoms with E-state index in [9.17, 15) is 20.0 Å². The van der Waals surface area contributed by atoms with E-state index in [1.807, 2.05) is 6.07 Å². The van der Waals surface area contributed by atoms with Gasteiger partial charge in [0.25, 0.3) is 0 Å². The lowest BCUT2D eigenvalue weighted by molar-refractivity contribution is 0.0600. The third-order valence-corrected chi connectivity index (χ3v) is 4.61. The van der Waals surface area contributed by atoms with E-state index in [-0.39, 0.29) is 39.7 Å². The van der Waals surface area contributed by atoms with Gasteiger partial charge in [0.15, 0.2) is 28.7 Å². The first-order valence-electron chi connectivity index (χ1n) is 8.95. The van der Waals surface area contributed by atoms with Gasteiger partial charge in [0.05, 0.1) is 25.5 Å². The van der Waals surface area contributed by atoms with E-state index >= 15 is 0 Å². The Hall–Kier alpha value is -4.65. The van der Waals surface area contributed by atoms with Gasteiger partial charge in [-0.2, -0.15) is 5.26 Å². The summed E-state index contributed by atoms with van der Waals surface area (Å²) in [5, 5.41) is 19.6. The minimum Gasteiger partial charge on any atom is -0.504 e. The summed E-state index contributed by atoms with van der Waals surface area (Å²) in [6, 6.07) is 12.8. The predicted octanol–water partition coefficient (Wildman–Crippen LogP) is 2.15. The van der Waals surface area contributed by atoms with E-state index in [2.05, 4.69) is 15.0 Å². The van der Waals surface area contributed by atoms with Crippen LogP contribution in [-0.2, 0) is 4.74 Å². The van der Waals surface area contributed by atoms with E-state index in [0.717, 1.165) is 0 Å². The van der Waals surface area contributed by atoms with Gasteiger partial charge < -0.3 is 19.6 Å². The highest BCUT2D eigenvalue weighted by atomic mass is 16.5. The lowest BCUT2D eigenvalue weighted by atomic mass is 10.2. The average molecular weight is 417 g/mol. The molecular weight excluding hydrogens is 402 g/mol. The maximum Gasteiger partial charge on any atom is 0.337 e. The molecule has 10 heteroatoms. The minimum atomic E-state index is -0.559. The van der Waals surface area contributed by atoms with Crippen molar-refractivity contribution < 1.29 is 19.4 Å². The molecule has 31 heavy (non-hydrogen) atoms. The fourth-order valence-corrected chi connectivity index (χ4v) is 3.15. The summed E-state index contributed by atoms with van der Waals surface area (Å²) in [6.45, 7) is 0. The third-order valence-electron chi connectivity index (χ3n) is 4.61. The van der Waals surface area contributed by atoms with Crippen LogP contribution in [0.25, 0.3) is 28.2 Å². The lowest BCUT2D eigenvalue weighted by Crippen LogP contribution is -2.15. The number of fused-ring (bicyclic) bond motifs is 1. The van der Waals surface area contributed by atoms with Gasteiger partial charge in [0.1, 0.15) is 11.6 Å². The molecule has 2 aromatic carbocycles. The van der Waals surface area contributed by atoms with E-state index < -0.39 is 11.7 Å². The number of hydrogen-bond acceptors (Lipinski definition) is 8. The fourth-order valence-electron chi connectivity index (χ4n) is 3.15. The van der Waals surface area contributed by atoms with E-state index in [4.69, 9.17) is 9.47 Å². The molecule has 0 radical (unpaired) electrons. The van der Waals surface area contributed by atoms with Crippen LogP contribution < -0.4 is 10.4 Å². The van der Waals surface area contributed by atoms with Crippen LogP contribution in [0.5, 0.6) is 11.5 Å². The van der Waals surface area contributed by atoms with E-state index in [1.165, 1.54) is 37.0 Å². The normalized spacial score (nSPS) is 10.6. The van der Waals surface area contributed by atoms with Crippen molar-refractivity contribution in [1.29, 1.82) is 5.26 Å². The number of aromatic nitrogens is 4. The van der Waals surface area contributed by atoms with Crippen molar-refractivity contribution in [2.24, 2.45) is 0 Å². The summed E-state index contributed by atoms with van der Waals surface area (Å²) < 4.78 is 11.0. The zero-order chi connectivity index (χ0) is 22.1. The third kappa shape index (κ3) is 3.34. The number of nitrogens with one attached hydrogen (secondary N) is 1. The highest BCUT2D eigenvalue weighted by Crippen LogP contribution is 2.31. The van der Waals surface area contributed by atoms with Gasteiger partial charge in [-0.1, -0.05) is 6.07 Å². The van der Waals surface area contributed by atoms with E-state index in [1.54, 1.807) is 24.3 Å². The zero-order valence-electron chi connectivity index (χ0n) is 16.4. The molecule has 0 amide bonds.